The van der Waals surface area contributed by atoms with Crippen LogP contribution < -0.4 is 5.73 Å². The van der Waals surface area contributed by atoms with Crippen molar-refractivity contribution in [1.82, 2.24) is 15.0 Å². The number of rotatable bonds is 2. The second kappa shape index (κ2) is 3.67. The highest BCUT2D eigenvalue weighted by Crippen LogP contribution is 2.07. The van der Waals surface area contributed by atoms with Crippen molar-refractivity contribution < 1.29 is 0 Å². The van der Waals surface area contributed by atoms with E-state index < -0.39 is 0 Å². The molecule has 0 amide bonds. The van der Waals surface area contributed by atoms with Crippen LogP contribution in [0.3, 0.4) is 0 Å². The van der Waals surface area contributed by atoms with Crippen LogP contribution in [0, 0.1) is 5.92 Å². The Bertz CT molecular complexity index is 254. The lowest BCUT2D eigenvalue weighted by Gasteiger charge is -2.03. The lowest BCUT2D eigenvalue weighted by molar-refractivity contribution is 0.619. The van der Waals surface area contributed by atoms with Crippen LogP contribution in [0.1, 0.15) is 19.7 Å². The van der Waals surface area contributed by atoms with Gasteiger partial charge >= 0.3 is 0 Å². The van der Waals surface area contributed by atoms with E-state index in [0.29, 0.717) is 11.7 Å². The Kier molecular flexibility index (Phi) is 2.81. The van der Waals surface area contributed by atoms with E-state index in [9.17, 15) is 0 Å². The van der Waals surface area contributed by atoms with Crippen molar-refractivity contribution in [2.24, 2.45) is 5.92 Å². The summed E-state index contributed by atoms with van der Waals surface area (Å²) in [5.74, 6) is 1.33. The average molecular weight is 187 g/mol. The molecular weight excluding hydrogens is 176 g/mol. The van der Waals surface area contributed by atoms with Crippen LogP contribution in [0.15, 0.2) is 0 Å². The molecule has 0 aromatic carbocycles. The average Bonchev–Trinajstić information content (AvgIpc) is 1.81. The van der Waals surface area contributed by atoms with Crippen molar-refractivity contribution in [2.45, 2.75) is 20.3 Å². The van der Waals surface area contributed by atoms with E-state index in [2.05, 4.69) is 28.8 Å². The third-order valence-corrected chi connectivity index (χ3v) is 1.43. The minimum Gasteiger partial charge on any atom is -0.368 e. The first-order valence-electron chi connectivity index (χ1n) is 3.74. The Balaban J connectivity index is 2.85. The molecule has 0 bridgehead atoms. The Hall–Kier alpha value is -0.900. The molecule has 4 nitrogen and oxygen atoms in total. The molecule has 0 unspecified atom stereocenters. The van der Waals surface area contributed by atoms with E-state index in [1.165, 1.54) is 0 Å². The van der Waals surface area contributed by atoms with Crippen LogP contribution in [0.2, 0.25) is 5.28 Å². The van der Waals surface area contributed by atoms with Gasteiger partial charge in [-0.15, -0.1) is 0 Å². The fourth-order valence-corrected chi connectivity index (χ4v) is 1.05. The number of hydrogen-bond donors (Lipinski definition) is 1. The van der Waals surface area contributed by atoms with Gasteiger partial charge in [0.15, 0.2) is 0 Å². The third-order valence-electron chi connectivity index (χ3n) is 1.26. The molecule has 0 radical (unpaired) electrons. The molecule has 66 valence electrons. The van der Waals surface area contributed by atoms with Crippen LogP contribution in [0.4, 0.5) is 5.95 Å². The largest absolute Gasteiger partial charge is 0.368 e. The predicted molar refractivity (Wildman–Crippen MR) is 47.8 cm³/mol. The molecule has 0 aliphatic rings. The van der Waals surface area contributed by atoms with Crippen molar-refractivity contribution in [2.75, 3.05) is 5.73 Å². The second-order valence-electron chi connectivity index (χ2n) is 2.98. The van der Waals surface area contributed by atoms with Gasteiger partial charge in [0.25, 0.3) is 0 Å². The van der Waals surface area contributed by atoms with E-state index in [4.69, 9.17) is 17.3 Å². The van der Waals surface area contributed by atoms with Gasteiger partial charge in [-0.25, -0.2) is 4.98 Å². The number of nitrogen functional groups attached to an aromatic ring is 1. The van der Waals surface area contributed by atoms with E-state index in [1.807, 2.05) is 0 Å². The van der Waals surface area contributed by atoms with Gasteiger partial charge in [0.2, 0.25) is 11.2 Å². The Morgan fingerprint density at radius 1 is 1.33 bits per heavy atom. The van der Waals surface area contributed by atoms with Crippen molar-refractivity contribution in [1.29, 1.82) is 0 Å². The summed E-state index contributed by atoms with van der Waals surface area (Å²) < 4.78 is 0. The summed E-state index contributed by atoms with van der Waals surface area (Å²) in [6, 6.07) is 0. The fraction of sp³-hybridized carbons (Fsp3) is 0.571. The molecule has 12 heavy (non-hydrogen) atoms. The zero-order valence-electron chi connectivity index (χ0n) is 7.08. The number of aromatic nitrogens is 3. The maximum Gasteiger partial charge on any atom is 0.227 e. The van der Waals surface area contributed by atoms with E-state index >= 15 is 0 Å². The van der Waals surface area contributed by atoms with Crippen LogP contribution in [-0.4, -0.2) is 15.0 Å². The number of nitrogens with two attached hydrogens (primary N) is 1. The van der Waals surface area contributed by atoms with Gasteiger partial charge in [-0.05, 0) is 17.5 Å². The smallest absolute Gasteiger partial charge is 0.227 e. The number of halogens is 1. The molecule has 0 aliphatic carbocycles. The molecular formula is C7H11ClN4. The van der Waals surface area contributed by atoms with Gasteiger partial charge in [0, 0.05) is 6.42 Å². The molecule has 1 rings (SSSR count). The van der Waals surface area contributed by atoms with Gasteiger partial charge in [-0.3, -0.25) is 0 Å². The van der Waals surface area contributed by atoms with Gasteiger partial charge in [-0.2, -0.15) is 9.97 Å². The van der Waals surface area contributed by atoms with Gasteiger partial charge in [-0.1, -0.05) is 13.8 Å². The summed E-state index contributed by atoms with van der Waals surface area (Å²) >= 11 is 5.59. The van der Waals surface area contributed by atoms with E-state index in [-0.39, 0.29) is 11.2 Å². The summed E-state index contributed by atoms with van der Waals surface area (Å²) in [6.45, 7) is 4.15. The van der Waals surface area contributed by atoms with Crippen LogP contribution in [0.25, 0.3) is 0 Å². The minimum atomic E-state index is 0.165. The first-order chi connectivity index (χ1) is 5.58. The third kappa shape index (κ3) is 2.62. The molecule has 0 saturated carbocycles. The van der Waals surface area contributed by atoms with Crippen molar-refractivity contribution >= 4 is 17.5 Å². The monoisotopic (exact) mass is 186 g/mol. The van der Waals surface area contributed by atoms with Crippen LogP contribution >= 0.6 is 11.6 Å². The SMILES string of the molecule is CC(C)Cc1nc(N)nc(Cl)n1. The lowest BCUT2D eigenvalue weighted by atomic mass is 10.1. The van der Waals surface area contributed by atoms with Crippen LogP contribution in [0.5, 0.6) is 0 Å². The molecule has 1 aromatic heterocycles. The predicted octanol–water partition coefficient (Wildman–Crippen LogP) is 1.31. The van der Waals surface area contributed by atoms with Crippen molar-refractivity contribution in [3.63, 3.8) is 0 Å². The highest BCUT2D eigenvalue weighted by atomic mass is 35.5. The Morgan fingerprint density at radius 2 is 2.00 bits per heavy atom. The van der Waals surface area contributed by atoms with E-state index in [0.717, 1.165) is 6.42 Å². The molecule has 5 heteroatoms. The fourth-order valence-electron chi connectivity index (χ4n) is 0.865. The summed E-state index contributed by atoms with van der Waals surface area (Å²) in [7, 11) is 0. The molecule has 1 heterocycles. The summed E-state index contributed by atoms with van der Waals surface area (Å²) in [5, 5.41) is 0.165. The molecule has 0 aliphatic heterocycles. The Labute approximate surface area is 76.2 Å². The van der Waals surface area contributed by atoms with Crippen molar-refractivity contribution in [3.05, 3.63) is 11.1 Å². The summed E-state index contributed by atoms with van der Waals surface area (Å²) in [6.07, 6.45) is 0.770. The number of hydrogen-bond acceptors (Lipinski definition) is 4. The maximum absolute atomic E-state index is 5.59. The molecule has 0 saturated heterocycles. The highest BCUT2D eigenvalue weighted by Gasteiger charge is 2.04. The highest BCUT2D eigenvalue weighted by molar-refractivity contribution is 6.28. The van der Waals surface area contributed by atoms with Gasteiger partial charge in [0.1, 0.15) is 5.82 Å². The van der Waals surface area contributed by atoms with Gasteiger partial charge < -0.3 is 5.73 Å². The summed E-state index contributed by atoms with van der Waals surface area (Å²) in [5.41, 5.74) is 5.39. The molecule has 0 fully saturated rings. The lowest BCUT2D eigenvalue weighted by Crippen LogP contribution is -2.05. The first kappa shape index (κ1) is 9.19. The quantitative estimate of drug-likeness (QED) is 0.757. The molecule has 0 atom stereocenters. The second-order valence-corrected chi connectivity index (χ2v) is 3.31. The summed E-state index contributed by atoms with van der Waals surface area (Å²) in [4.78, 5) is 11.5. The zero-order chi connectivity index (χ0) is 9.14. The maximum atomic E-state index is 5.59. The Morgan fingerprint density at radius 3 is 2.50 bits per heavy atom. The molecule has 0 spiro atoms. The van der Waals surface area contributed by atoms with Crippen molar-refractivity contribution in [3.8, 4) is 0 Å². The molecule has 1 aromatic rings. The van der Waals surface area contributed by atoms with Crippen LogP contribution in [-0.2, 0) is 6.42 Å². The number of anilines is 1. The zero-order valence-corrected chi connectivity index (χ0v) is 7.84. The minimum absolute atomic E-state index is 0.165. The van der Waals surface area contributed by atoms with Gasteiger partial charge in [0.05, 0.1) is 0 Å². The normalized spacial score (nSPS) is 10.7. The topological polar surface area (TPSA) is 64.7 Å². The molecule has 2 N–H and O–H groups in total. The number of nitrogens with zero attached hydrogens (tertiary/aromatic N) is 3. The first-order valence-corrected chi connectivity index (χ1v) is 4.11. The van der Waals surface area contributed by atoms with E-state index in [1.54, 1.807) is 0 Å². The standard InChI is InChI=1S/C7H11ClN4/c1-4(2)3-5-10-6(8)12-7(9)11-5/h4H,3H2,1-2H3,(H2,9,10,11,12).